The molecule has 14 heavy (non-hydrogen) atoms. The van der Waals surface area contributed by atoms with Gasteiger partial charge in [0.25, 0.3) is 0 Å². The third-order valence-electron chi connectivity index (χ3n) is 2.44. The van der Waals surface area contributed by atoms with Crippen LogP contribution in [0.25, 0.3) is 11.2 Å². The summed E-state index contributed by atoms with van der Waals surface area (Å²) >= 11 is 0. The zero-order valence-corrected chi connectivity index (χ0v) is 8.53. The van der Waals surface area contributed by atoms with Crippen LogP contribution in [0.4, 0.5) is 0 Å². The van der Waals surface area contributed by atoms with E-state index < -0.39 is 0 Å². The minimum absolute atomic E-state index is 0.111. The SMILES string of the molecule is CC(C)c1ccnc2[nH]c(=O)n(C)c12. The van der Waals surface area contributed by atoms with Gasteiger partial charge < -0.3 is 0 Å². The summed E-state index contributed by atoms with van der Waals surface area (Å²) in [6.07, 6.45) is 1.73. The van der Waals surface area contributed by atoms with Crippen LogP contribution in [0.3, 0.4) is 0 Å². The van der Waals surface area contributed by atoms with Gasteiger partial charge in [0.2, 0.25) is 0 Å². The molecule has 74 valence electrons. The molecule has 2 heterocycles. The van der Waals surface area contributed by atoms with Crippen molar-refractivity contribution in [2.45, 2.75) is 19.8 Å². The van der Waals surface area contributed by atoms with Gasteiger partial charge in [-0.3, -0.25) is 9.55 Å². The lowest BCUT2D eigenvalue weighted by atomic mass is 10.0. The van der Waals surface area contributed by atoms with E-state index in [1.807, 2.05) is 6.07 Å². The van der Waals surface area contributed by atoms with Crippen LogP contribution < -0.4 is 5.69 Å². The van der Waals surface area contributed by atoms with Crippen LogP contribution in [-0.4, -0.2) is 14.5 Å². The molecule has 0 radical (unpaired) electrons. The van der Waals surface area contributed by atoms with Crippen molar-refractivity contribution in [2.24, 2.45) is 7.05 Å². The molecule has 0 spiro atoms. The third-order valence-corrected chi connectivity index (χ3v) is 2.44. The van der Waals surface area contributed by atoms with Crippen molar-refractivity contribution in [1.82, 2.24) is 14.5 Å². The van der Waals surface area contributed by atoms with Crippen LogP contribution in [0.2, 0.25) is 0 Å². The number of nitrogens with zero attached hydrogens (tertiary/aromatic N) is 2. The minimum Gasteiger partial charge on any atom is -0.293 e. The molecule has 0 atom stereocenters. The smallest absolute Gasteiger partial charge is 0.293 e. The van der Waals surface area contributed by atoms with E-state index in [1.54, 1.807) is 17.8 Å². The summed E-state index contributed by atoms with van der Waals surface area (Å²) in [5.41, 5.74) is 2.62. The van der Waals surface area contributed by atoms with Crippen molar-refractivity contribution < 1.29 is 0 Å². The molecule has 0 aliphatic heterocycles. The van der Waals surface area contributed by atoms with Gasteiger partial charge in [-0.25, -0.2) is 9.78 Å². The lowest BCUT2D eigenvalue weighted by molar-refractivity contribution is 0.840. The minimum atomic E-state index is -0.111. The van der Waals surface area contributed by atoms with Gasteiger partial charge in [0.15, 0.2) is 5.65 Å². The first-order valence-corrected chi connectivity index (χ1v) is 4.65. The number of aromatic amines is 1. The predicted octanol–water partition coefficient (Wildman–Crippen LogP) is 1.39. The third kappa shape index (κ3) is 1.14. The first-order valence-electron chi connectivity index (χ1n) is 4.65. The number of nitrogens with one attached hydrogen (secondary N) is 1. The second-order valence-corrected chi connectivity index (χ2v) is 3.74. The summed E-state index contributed by atoms with van der Waals surface area (Å²) in [5, 5.41) is 0. The fourth-order valence-electron chi connectivity index (χ4n) is 1.67. The molecule has 0 bridgehead atoms. The monoisotopic (exact) mass is 191 g/mol. The Hall–Kier alpha value is -1.58. The first-order chi connectivity index (χ1) is 6.61. The zero-order chi connectivity index (χ0) is 10.3. The fraction of sp³-hybridized carbons (Fsp3) is 0.400. The molecule has 2 aromatic heterocycles. The van der Waals surface area contributed by atoms with E-state index >= 15 is 0 Å². The number of rotatable bonds is 1. The maximum atomic E-state index is 11.4. The van der Waals surface area contributed by atoms with Crippen molar-refractivity contribution in [3.05, 3.63) is 28.3 Å². The van der Waals surface area contributed by atoms with Crippen LogP contribution in [0, 0.1) is 0 Å². The number of hydrogen-bond acceptors (Lipinski definition) is 2. The number of aromatic nitrogens is 3. The van der Waals surface area contributed by atoms with Crippen LogP contribution >= 0.6 is 0 Å². The van der Waals surface area contributed by atoms with Crippen molar-refractivity contribution in [2.75, 3.05) is 0 Å². The van der Waals surface area contributed by atoms with Gasteiger partial charge in [-0.15, -0.1) is 0 Å². The van der Waals surface area contributed by atoms with E-state index in [4.69, 9.17) is 0 Å². The molecule has 0 saturated heterocycles. The van der Waals surface area contributed by atoms with Crippen molar-refractivity contribution in [1.29, 1.82) is 0 Å². The van der Waals surface area contributed by atoms with Gasteiger partial charge in [-0.05, 0) is 17.5 Å². The number of imidazole rings is 1. The molecule has 0 unspecified atom stereocenters. The molecule has 4 nitrogen and oxygen atoms in total. The van der Waals surface area contributed by atoms with Gasteiger partial charge in [-0.1, -0.05) is 13.8 Å². The largest absolute Gasteiger partial charge is 0.327 e. The number of aryl methyl sites for hydroxylation is 1. The van der Waals surface area contributed by atoms with Crippen LogP contribution in [0.1, 0.15) is 25.3 Å². The van der Waals surface area contributed by atoms with Crippen LogP contribution in [0.5, 0.6) is 0 Å². The molecule has 0 saturated carbocycles. The summed E-state index contributed by atoms with van der Waals surface area (Å²) in [4.78, 5) is 18.2. The number of fused-ring (bicyclic) bond motifs is 1. The lowest BCUT2D eigenvalue weighted by Gasteiger charge is -2.06. The maximum Gasteiger partial charge on any atom is 0.327 e. The summed E-state index contributed by atoms with van der Waals surface area (Å²) in [5.74, 6) is 0.391. The summed E-state index contributed by atoms with van der Waals surface area (Å²) in [6.45, 7) is 4.21. The first kappa shape index (κ1) is 8.99. The van der Waals surface area contributed by atoms with Gasteiger partial charge >= 0.3 is 5.69 Å². The molecule has 0 amide bonds. The molecule has 0 fully saturated rings. The Morgan fingerprint density at radius 2 is 2.21 bits per heavy atom. The Bertz CT molecular complexity index is 522. The Kier molecular flexibility index (Phi) is 1.91. The highest BCUT2D eigenvalue weighted by Gasteiger charge is 2.10. The molecular formula is C10H13N3O. The van der Waals surface area contributed by atoms with Crippen LogP contribution in [0.15, 0.2) is 17.1 Å². The lowest BCUT2D eigenvalue weighted by Crippen LogP contribution is -2.12. The molecule has 0 aromatic carbocycles. The highest BCUT2D eigenvalue weighted by atomic mass is 16.1. The van der Waals surface area contributed by atoms with E-state index in [0.29, 0.717) is 11.6 Å². The van der Waals surface area contributed by atoms with E-state index in [0.717, 1.165) is 11.1 Å². The predicted molar refractivity (Wildman–Crippen MR) is 55.4 cm³/mol. The van der Waals surface area contributed by atoms with E-state index in [1.165, 1.54) is 0 Å². The molecular weight excluding hydrogens is 178 g/mol. The van der Waals surface area contributed by atoms with E-state index in [-0.39, 0.29) is 5.69 Å². The summed E-state index contributed by atoms with van der Waals surface area (Å²) < 4.78 is 1.61. The highest BCUT2D eigenvalue weighted by molar-refractivity contribution is 5.75. The van der Waals surface area contributed by atoms with Crippen molar-refractivity contribution in [3.8, 4) is 0 Å². The van der Waals surface area contributed by atoms with E-state index in [9.17, 15) is 4.79 Å². The summed E-state index contributed by atoms with van der Waals surface area (Å²) in [7, 11) is 1.76. The Morgan fingerprint density at radius 1 is 1.50 bits per heavy atom. The van der Waals surface area contributed by atoms with Crippen LogP contribution in [-0.2, 0) is 7.05 Å². The topological polar surface area (TPSA) is 50.7 Å². The normalized spacial score (nSPS) is 11.4. The Balaban J connectivity index is 2.91. The maximum absolute atomic E-state index is 11.4. The zero-order valence-electron chi connectivity index (χ0n) is 8.53. The average molecular weight is 191 g/mol. The average Bonchev–Trinajstić information content (AvgIpc) is 2.43. The van der Waals surface area contributed by atoms with Gasteiger partial charge in [-0.2, -0.15) is 0 Å². The molecule has 0 aliphatic rings. The Morgan fingerprint density at radius 3 is 2.86 bits per heavy atom. The van der Waals surface area contributed by atoms with Gasteiger partial charge in [0.05, 0.1) is 5.52 Å². The number of hydrogen-bond donors (Lipinski definition) is 1. The van der Waals surface area contributed by atoms with Crippen molar-refractivity contribution >= 4 is 11.2 Å². The quantitative estimate of drug-likeness (QED) is 0.740. The van der Waals surface area contributed by atoms with Crippen molar-refractivity contribution in [3.63, 3.8) is 0 Å². The number of H-pyrrole nitrogens is 1. The molecule has 0 aliphatic carbocycles. The second kappa shape index (κ2) is 2.97. The molecule has 2 aromatic rings. The highest BCUT2D eigenvalue weighted by Crippen LogP contribution is 2.20. The van der Waals surface area contributed by atoms with Gasteiger partial charge in [0, 0.05) is 13.2 Å². The fourth-order valence-corrected chi connectivity index (χ4v) is 1.67. The second-order valence-electron chi connectivity index (χ2n) is 3.74. The number of pyridine rings is 1. The summed E-state index contributed by atoms with van der Waals surface area (Å²) in [6, 6.07) is 1.96. The Labute approximate surface area is 81.6 Å². The molecule has 2 rings (SSSR count). The molecule has 4 heteroatoms. The molecule has 1 N–H and O–H groups in total. The van der Waals surface area contributed by atoms with E-state index in [2.05, 4.69) is 23.8 Å². The standard InChI is InChI=1S/C10H13N3O/c1-6(2)7-4-5-11-9-8(7)13(3)10(14)12-9/h4-6H,1-3H3,(H,11,12,14). The van der Waals surface area contributed by atoms with Gasteiger partial charge in [0.1, 0.15) is 0 Å².